The Morgan fingerprint density at radius 3 is 2.31 bits per heavy atom. The Bertz CT molecular complexity index is 367. The molecule has 0 atom stereocenters. The first kappa shape index (κ1) is 11.5. The normalized spacial score (nSPS) is 17.4. The number of nitrogens with one attached hydrogen (secondary N) is 1. The maximum atomic E-state index is 6.08. The van der Waals surface area contributed by atoms with E-state index in [0.717, 1.165) is 31.7 Å². The Morgan fingerprint density at radius 1 is 1.00 bits per heavy atom. The summed E-state index contributed by atoms with van der Waals surface area (Å²) in [5.74, 6) is 1.06. The summed E-state index contributed by atoms with van der Waals surface area (Å²) >= 11 is 0. The van der Waals surface area contributed by atoms with E-state index in [1.807, 2.05) is 0 Å². The second-order valence-electron chi connectivity index (χ2n) is 4.77. The van der Waals surface area contributed by atoms with E-state index < -0.39 is 0 Å². The van der Waals surface area contributed by atoms with Crippen molar-refractivity contribution in [3.05, 3.63) is 28.8 Å². The Hall–Kier alpha value is -1.02. The molecule has 0 amide bonds. The summed E-state index contributed by atoms with van der Waals surface area (Å²) in [5, 5.41) is 3.36. The molecule has 0 aromatic heterocycles. The number of rotatable bonds is 2. The molecule has 1 heterocycles. The Balaban J connectivity index is 2.11. The molecule has 1 fully saturated rings. The monoisotopic (exact) mass is 219 g/mol. The highest BCUT2D eigenvalue weighted by Crippen LogP contribution is 2.24. The van der Waals surface area contributed by atoms with Gasteiger partial charge in [-0.2, -0.15) is 0 Å². The summed E-state index contributed by atoms with van der Waals surface area (Å²) in [6.45, 7) is 8.58. The highest BCUT2D eigenvalue weighted by Gasteiger charge is 2.15. The molecule has 1 N–H and O–H groups in total. The lowest BCUT2D eigenvalue weighted by Crippen LogP contribution is -2.34. The van der Waals surface area contributed by atoms with Crippen molar-refractivity contribution < 1.29 is 4.74 Å². The maximum Gasteiger partial charge on any atom is 0.122 e. The molecule has 0 radical (unpaired) electrons. The zero-order chi connectivity index (χ0) is 11.5. The summed E-state index contributed by atoms with van der Waals surface area (Å²) in [6.07, 6.45) is 2.63. The molecule has 0 bridgehead atoms. The molecule has 1 aromatic carbocycles. The van der Waals surface area contributed by atoms with Gasteiger partial charge in [-0.25, -0.2) is 0 Å². The summed E-state index contributed by atoms with van der Waals surface area (Å²) in [5.41, 5.74) is 3.91. The van der Waals surface area contributed by atoms with Crippen LogP contribution in [0.2, 0.25) is 0 Å². The topological polar surface area (TPSA) is 21.3 Å². The molecular weight excluding hydrogens is 198 g/mol. The van der Waals surface area contributed by atoms with Crippen LogP contribution in [0.5, 0.6) is 5.75 Å². The van der Waals surface area contributed by atoms with Gasteiger partial charge in [-0.15, -0.1) is 0 Å². The summed E-state index contributed by atoms with van der Waals surface area (Å²) in [6, 6.07) is 4.39. The fraction of sp³-hybridized carbons (Fsp3) is 0.571. The molecule has 1 aromatic rings. The Kier molecular flexibility index (Phi) is 3.49. The van der Waals surface area contributed by atoms with Gasteiger partial charge in [0.15, 0.2) is 0 Å². The van der Waals surface area contributed by atoms with E-state index in [9.17, 15) is 0 Å². The van der Waals surface area contributed by atoms with Gasteiger partial charge >= 0.3 is 0 Å². The quantitative estimate of drug-likeness (QED) is 0.826. The molecule has 1 saturated heterocycles. The van der Waals surface area contributed by atoms with Gasteiger partial charge < -0.3 is 10.1 Å². The molecule has 2 nitrogen and oxygen atoms in total. The van der Waals surface area contributed by atoms with Crippen molar-refractivity contribution in [1.29, 1.82) is 0 Å². The molecule has 1 aliphatic rings. The van der Waals surface area contributed by atoms with E-state index in [0.29, 0.717) is 6.10 Å². The second kappa shape index (κ2) is 4.88. The van der Waals surface area contributed by atoms with Gasteiger partial charge in [0.1, 0.15) is 11.9 Å². The average Bonchev–Trinajstić information content (AvgIpc) is 2.27. The minimum absolute atomic E-state index is 0.391. The van der Waals surface area contributed by atoms with E-state index in [1.165, 1.54) is 16.7 Å². The first-order chi connectivity index (χ1) is 7.66. The van der Waals surface area contributed by atoms with Crippen LogP contribution in [0.4, 0.5) is 0 Å². The van der Waals surface area contributed by atoms with Crippen molar-refractivity contribution in [2.75, 3.05) is 13.1 Å². The fourth-order valence-corrected chi connectivity index (χ4v) is 2.15. The van der Waals surface area contributed by atoms with Crippen LogP contribution in [0.1, 0.15) is 29.5 Å². The molecule has 0 aliphatic carbocycles. The van der Waals surface area contributed by atoms with Crippen molar-refractivity contribution in [3.63, 3.8) is 0 Å². The summed E-state index contributed by atoms with van der Waals surface area (Å²) in [4.78, 5) is 0. The molecule has 2 heteroatoms. The predicted octanol–water partition coefficient (Wildman–Crippen LogP) is 2.74. The molecule has 0 saturated carbocycles. The summed E-state index contributed by atoms with van der Waals surface area (Å²) < 4.78 is 6.08. The van der Waals surface area contributed by atoms with Crippen molar-refractivity contribution in [2.24, 2.45) is 0 Å². The number of aryl methyl sites for hydroxylation is 3. The molecule has 0 spiro atoms. The van der Waals surface area contributed by atoms with Crippen LogP contribution in [0.3, 0.4) is 0 Å². The first-order valence-corrected chi connectivity index (χ1v) is 6.12. The lowest BCUT2D eigenvalue weighted by Gasteiger charge is -2.25. The van der Waals surface area contributed by atoms with Crippen LogP contribution in [0.25, 0.3) is 0 Å². The van der Waals surface area contributed by atoms with Gasteiger partial charge in [0.25, 0.3) is 0 Å². The van der Waals surface area contributed by atoms with Gasteiger partial charge in [0.05, 0.1) is 0 Å². The van der Waals surface area contributed by atoms with E-state index >= 15 is 0 Å². The molecule has 1 aliphatic heterocycles. The SMILES string of the molecule is Cc1cc(C)c(OC2CCNCC2)cc1C. The number of hydrogen-bond donors (Lipinski definition) is 1. The van der Waals surface area contributed by atoms with Crippen molar-refractivity contribution in [3.8, 4) is 5.75 Å². The summed E-state index contributed by atoms with van der Waals surface area (Å²) in [7, 11) is 0. The largest absolute Gasteiger partial charge is 0.490 e. The third-order valence-corrected chi connectivity index (χ3v) is 3.37. The fourth-order valence-electron chi connectivity index (χ4n) is 2.15. The van der Waals surface area contributed by atoms with E-state index in [1.54, 1.807) is 0 Å². The molecule has 16 heavy (non-hydrogen) atoms. The number of benzene rings is 1. The van der Waals surface area contributed by atoms with Crippen LogP contribution >= 0.6 is 0 Å². The minimum Gasteiger partial charge on any atom is -0.490 e. The highest BCUT2D eigenvalue weighted by atomic mass is 16.5. The van der Waals surface area contributed by atoms with Gasteiger partial charge in [-0.1, -0.05) is 6.07 Å². The molecule has 0 unspecified atom stereocenters. The maximum absolute atomic E-state index is 6.08. The lowest BCUT2D eigenvalue weighted by atomic mass is 10.1. The number of piperidine rings is 1. The zero-order valence-electron chi connectivity index (χ0n) is 10.5. The second-order valence-corrected chi connectivity index (χ2v) is 4.77. The van der Waals surface area contributed by atoms with Gasteiger partial charge in [-0.3, -0.25) is 0 Å². The van der Waals surface area contributed by atoms with Crippen LogP contribution < -0.4 is 10.1 Å². The predicted molar refractivity (Wildman–Crippen MR) is 67.2 cm³/mol. The van der Waals surface area contributed by atoms with Crippen LogP contribution in [0, 0.1) is 20.8 Å². The van der Waals surface area contributed by atoms with E-state index in [-0.39, 0.29) is 0 Å². The molecule has 2 rings (SSSR count). The van der Waals surface area contributed by atoms with E-state index in [2.05, 4.69) is 38.2 Å². The number of ether oxygens (including phenoxy) is 1. The van der Waals surface area contributed by atoms with Crippen LogP contribution in [0.15, 0.2) is 12.1 Å². The standard InChI is InChI=1S/C14H21NO/c1-10-8-12(3)14(9-11(10)2)16-13-4-6-15-7-5-13/h8-9,13,15H,4-7H2,1-3H3. The van der Waals surface area contributed by atoms with Crippen LogP contribution in [-0.2, 0) is 0 Å². The van der Waals surface area contributed by atoms with Gasteiger partial charge in [0, 0.05) is 0 Å². The number of hydrogen-bond acceptors (Lipinski definition) is 2. The van der Waals surface area contributed by atoms with Crippen molar-refractivity contribution >= 4 is 0 Å². The van der Waals surface area contributed by atoms with Crippen LogP contribution in [-0.4, -0.2) is 19.2 Å². The Labute approximate surface area is 98.0 Å². The third kappa shape index (κ3) is 2.56. The van der Waals surface area contributed by atoms with Crippen molar-refractivity contribution in [2.45, 2.75) is 39.7 Å². The molecule has 88 valence electrons. The highest BCUT2D eigenvalue weighted by molar-refractivity contribution is 5.41. The zero-order valence-corrected chi connectivity index (χ0v) is 10.5. The Morgan fingerprint density at radius 2 is 1.62 bits per heavy atom. The van der Waals surface area contributed by atoms with Gasteiger partial charge in [0.2, 0.25) is 0 Å². The van der Waals surface area contributed by atoms with E-state index in [4.69, 9.17) is 4.74 Å². The first-order valence-electron chi connectivity index (χ1n) is 6.12. The molecular formula is C14H21NO. The minimum atomic E-state index is 0.391. The van der Waals surface area contributed by atoms with Gasteiger partial charge in [-0.05, 0) is 69.5 Å². The third-order valence-electron chi connectivity index (χ3n) is 3.37. The smallest absolute Gasteiger partial charge is 0.122 e. The lowest BCUT2D eigenvalue weighted by molar-refractivity contribution is 0.161. The van der Waals surface area contributed by atoms with Crippen molar-refractivity contribution in [1.82, 2.24) is 5.32 Å². The average molecular weight is 219 g/mol.